The average molecular weight is 330 g/mol. The van der Waals surface area contributed by atoms with E-state index in [9.17, 15) is 18.4 Å². The van der Waals surface area contributed by atoms with Crippen LogP contribution in [0, 0.1) is 23.5 Å². The normalized spacial score (nSPS) is 18.8. The molecule has 0 bridgehead atoms. The Kier molecular flexibility index (Phi) is 4.29. The van der Waals surface area contributed by atoms with E-state index in [1.807, 2.05) is 30.3 Å². The van der Waals surface area contributed by atoms with Crippen LogP contribution in [0.15, 0.2) is 48.5 Å². The average Bonchev–Trinajstić information content (AvgIpc) is 3.37. The Bertz CT molecular complexity index is 780. The minimum atomic E-state index is -0.840. The summed E-state index contributed by atoms with van der Waals surface area (Å²) in [5.41, 5.74) is 0.661. The zero-order chi connectivity index (χ0) is 17.3. The van der Waals surface area contributed by atoms with E-state index in [-0.39, 0.29) is 11.6 Å². The summed E-state index contributed by atoms with van der Waals surface area (Å²) in [5.74, 6) is -3.05. The van der Waals surface area contributed by atoms with Crippen molar-refractivity contribution in [3.8, 4) is 0 Å². The van der Waals surface area contributed by atoms with Gasteiger partial charge in [-0.05, 0) is 30.7 Å². The summed E-state index contributed by atoms with van der Waals surface area (Å²) in [5, 5.41) is 2.41. The summed E-state index contributed by atoms with van der Waals surface area (Å²) in [6, 6.07) is 12.1. The predicted octanol–water partition coefficient (Wildman–Crippen LogP) is 3.20. The third-order valence-electron chi connectivity index (χ3n) is 4.11. The highest BCUT2D eigenvalue weighted by Gasteiger charge is 2.49. The van der Waals surface area contributed by atoms with Gasteiger partial charge in [-0.15, -0.1) is 0 Å². The summed E-state index contributed by atoms with van der Waals surface area (Å²) in [6.45, 7) is 0. The van der Waals surface area contributed by atoms with Gasteiger partial charge in [-0.25, -0.2) is 8.78 Å². The van der Waals surface area contributed by atoms with Gasteiger partial charge in [-0.2, -0.15) is 0 Å². The fourth-order valence-corrected chi connectivity index (χ4v) is 2.60. The second-order valence-corrected chi connectivity index (χ2v) is 5.79. The molecule has 0 spiro atoms. The van der Waals surface area contributed by atoms with Gasteiger partial charge in [0, 0.05) is 18.8 Å². The number of benzene rings is 2. The molecule has 3 rings (SSSR count). The first-order valence-corrected chi connectivity index (χ1v) is 7.56. The lowest BCUT2D eigenvalue weighted by Gasteiger charge is -2.17. The number of hydrogen-bond donors (Lipinski definition) is 1. The predicted molar refractivity (Wildman–Crippen MR) is 86.4 cm³/mol. The molecule has 6 heteroatoms. The van der Waals surface area contributed by atoms with Crippen LogP contribution in [0.2, 0.25) is 0 Å². The van der Waals surface area contributed by atoms with Crippen LogP contribution in [0.3, 0.4) is 0 Å². The molecule has 1 aliphatic carbocycles. The Labute approximate surface area is 138 Å². The number of carbonyl (C=O) groups excluding carboxylic acids is 2. The number of anilines is 2. The molecule has 4 nitrogen and oxygen atoms in total. The molecule has 0 aromatic heterocycles. The highest BCUT2D eigenvalue weighted by molar-refractivity contribution is 6.04. The first-order valence-electron chi connectivity index (χ1n) is 7.56. The maximum absolute atomic E-state index is 13.6. The van der Waals surface area contributed by atoms with Crippen molar-refractivity contribution in [3.05, 3.63) is 60.2 Å². The molecule has 2 unspecified atom stereocenters. The lowest BCUT2D eigenvalue weighted by Crippen LogP contribution is -2.29. The van der Waals surface area contributed by atoms with Gasteiger partial charge in [0.1, 0.15) is 11.6 Å². The maximum atomic E-state index is 13.6. The van der Waals surface area contributed by atoms with Gasteiger partial charge in [-0.1, -0.05) is 18.2 Å². The van der Waals surface area contributed by atoms with E-state index in [0.29, 0.717) is 12.5 Å². The lowest BCUT2D eigenvalue weighted by atomic mass is 10.2. The van der Waals surface area contributed by atoms with Crippen LogP contribution < -0.4 is 10.2 Å². The largest absolute Gasteiger partial charge is 0.323 e. The summed E-state index contributed by atoms with van der Waals surface area (Å²) < 4.78 is 26.4. The van der Waals surface area contributed by atoms with E-state index in [2.05, 4.69) is 5.32 Å². The van der Waals surface area contributed by atoms with E-state index < -0.39 is 29.4 Å². The summed E-state index contributed by atoms with van der Waals surface area (Å²) in [4.78, 5) is 26.1. The van der Waals surface area contributed by atoms with Crippen LogP contribution in [0.1, 0.15) is 6.42 Å². The number of amides is 2. The van der Waals surface area contributed by atoms with E-state index in [1.54, 1.807) is 7.05 Å². The van der Waals surface area contributed by atoms with E-state index in [0.717, 1.165) is 17.8 Å². The maximum Gasteiger partial charge on any atom is 0.230 e. The first-order chi connectivity index (χ1) is 11.5. The minimum Gasteiger partial charge on any atom is -0.323 e. The summed E-state index contributed by atoms with van der Waals surface area (Å²) in [6.07, 6.45) is 0.421. The molecule has 24 heavy (non-hydrogen) atoms. The topological polar surface area (TPSA) is 49.4 Å². The van der Waals surface area contributed by atoms with Crippen molar-refractivity contribution in [2.45, 2.75) is 6.42 Å². The Hall–Kier alpha value is -2.76. The summed E-state index contributed by atoms with van der Waals surface area (Å²) in [7, 11) is 1.66. The molecule has 1 saturated carbocycles. The van der Waals surface area contributed by atoms with E-state index >= 15 is 0 Å². The second-order valence-electron chi connectivity index (χ2n) is 5.79. The van der Waals surface area contributed by atoms with Crippen LogP contribution in [-0.4, -0.2) is 18.9 Å². The Morgan fingerprint density at radius 3 is 2.46 bits per heavy atom. The van der Waals surface area contributed by atoms with Crippen LogP contribution in [0.4, 0.5) is 20.2 Å². The van der Waals surface area contributed by atoms with Crippen LogP contribution in [-0.2, 0) is 9.59 Å². The molecule has 0 saturated heterocycles. The third kappa shape index (κ3) is 3.27. The van der Waals surface area contributed by atoms with Gasteiger partial charge in [0.25, 0.3) is 0 Å². The monoisotopic (exact) mass is 330 g/mol. The Balaban J connectivity index is 1.62. The molecule has 2 amide bonds. The van der Waals surface area contributed by atoms with Gasteiger partial charge in [0.05, 0.1) is 17.5 Å². The Morgan fingerprint density at radius 2 is 1.79 bits per heavy atom. The van der Waals surface area contributed by atoms with Gasteiger partial charge < -0.3 is 10.2 Å². The van der Waals surface area contributed by atoms with Crippen LogP contribution in [0.5, 0.6) is 0 Å². The van der Waals surface area contributed by atoms with Gasteiger partial charge >= 0.3 is 0 Å². The highest BCUT2D eigenvalue weighted by Crippen LogP contribution is 2.41. The number of nitrogens with one attached hydrogen (secondary N) is 1. The lowest BCUT2D eigenvalue weighted by molar-refractivity contribution is -0.123. The standard InChI is InChI=1S/C18H16F2N2O2/c1-22(12-5-3-2-4-6-12)18(24)14-10-13(14)17(23)21-16-8-7-11(19)9-15(16)20/h2-9,13-14H,10H2,1H3,(H,21,23). The van der Waals surface area contributed by atoms with Gasteiger partial charge in [-0.3, -0.25) is 9.59 Å². The third-order valence-corrected chi connectivity index (χ3v) is 4.11. The molecule has 0 radical (unpaired) electrons. The zero-order valence-corrected chi connectivity index (χ0v) is 13.0. The highest BCUT2D eigenvalue weighted by atomic mass is 19.1. The molecule has 1 fully saturated rings. The summed E-state index contributed by atoms with van der Waals surface area (Å²) >= 11 is 0. The smallest absolute Gasteiger partial charge is 0.230 e. The molecule has 2 aromatic carbocycles. The number of nitrogens with zero attached hydrogens (tertiary/aromatic N) is 1. The van der Waals surface area contributed by atoms with Gasteiger partial charge in [0.15, 0.2) is 0 Å². The first kappa shape index (κ1) is 16.1. The van der Waals surface area contributed by atoms with Crippen molar-refractivity contribution in [2.24, 2.45) is 11.8 Å². The fraction of sp³-hybridized carbons (Fsp3) is 0.222. The van der Waals surface area contributed by atoms with E-state index in [4.69, 9.17) is 0 Å². The van der Waals surface area contributed by atoms with Crippen molar-refractivity contribution in [1.29, 1.82) is 0 Å². The molecule has 1 aliphatic rings. The Morgan fingerprint density at radius 1 is 1.08 bits per heavy atom. The van der Waals surface area contributed by atoms with Crippen molar-refractivity contribution in [3.63, 3.8) is 0 Å². The molecule has 2 atom stereocenters. The number of halogens is 2. The van der Waals surface area contributed by atoms with Crippen LogP contribution >= 0.6 is 0 Å². The molecule has 124 valence electrons. The molecular formula is C18H16F2N2O2. The number of rotatable bonds is 4. The molecular weight excluding hydrogens is 314 g/mol. The van der Waals surface area contributed by atoms with Crippen LogP contribution in [0.25, 0.3) is 0 Å². The molecule has 2 aromatic rings. The van der Waals surface area contributed by atoms with Crippen molar-refractivity contribution >= 4 is 23.2 Å². The second kappa shape index (κ2) is 6.39. The molecule has 0 aliphatic heterocycles. The quantitative estimate of drug-likeness (QED) is 0.936. The number of hydrogen-bond acceptors (Lipinski definition) is 2. The van der Waals surface area contributed by atoms with Crippen molar-refractivity contribution in [2.75, 3.05) is 17.3 Å². The van der Waals surface area contributed by atoms with Crippen molar-refractivity contribution in [1.82, 2.24) is 0 Å². The van der Waals surface area contributed by atoms with Crippen molar-refractivity contribution < 1.29 is 18.4 Å². The molecule has 0 heterocycles. The van der Waals surface area contributed by atoms with E-state index in [1.165, 1.54) is 4.90 Å². The number of carbonyl (C=O) groups is 2. The van der Waals surface area contributed by atoms with Gasteiger partial charge in [0.2, 0.25) is 11.8 Å². The molecule has 1 N–H and O–H groups in total. The minimum absolute atomic E-state index is 0.0871. The SMILES string of the molecule is CN(C(=O)C1CC1C(=O)Nc1ccc(F)cc1F)c1ccccc1. The zero-order valence-electron chi connectivity index (χ0n) is 13.0. The number of para-hydroxylation sites is 1. The fourth-order valence-electron chi connectivity index (χ4n) is 2.60.